The van der Waals surface area contributed by atoms with Crippen molar-refractivity contribution in [1.29, 1.82) is 0 Å². The Balaban J connectivity index is 1.98. The van der Waals surface area contributed by atoms with Crippen molar-refractivity contribution in [3.05, 3.63) is 69.1 Å². The van der Waals surface area contributed by atoms with Crippen LogP contribution in [0.2, 0.25) is 0 Å². The number of carbonyl (C=O) groups is 1. The van der Waals surface area contributed by atoms with Gasteiger partial charge in [-0.1, -0.05) is 36.0 Å². The van der Waals surface area contributed by atoms with E-state index in [0.717, 1.165) is 22.0 Å². The number of aliphatic carboxylic acids is 1. The maximum Gasteiger partial charge on any atom is 0.276 e. The molecule has 0 saturated heterocycles. The molecule has 0 amide bonds. The molecule has 6 nitrogen and oxygen atoms in total. The minimum Gasteiger partial charge on any atom is -0.544 e. The summed E-state index contributed by atoms with van der Waals surface area (Å²) in [5.41, 5.74) is 0.810. The van der Waals surface area contributed by atoms with E-state index in [4.69, 9.17) is 0 Å². The molecular weight excluding hydrogens is 348 g/mol. The number of benzene rings is 2. The summed E-state index contributed by atoms with van der Waals surface area (Å²) in [6.07, 6.45) is 1.24. The van der Waals surface area contributed by atoms with Gasteiger partial charge in [0.25, 0.3) is 5.69 Å². The molecule has 0 atom stereocenters. The van der Waals surface area contributed by atoms with Crippen LogP contribution in [0, 0.1) is 10.1 Å². The number of thioether (sulfide) groups is 1. The molecular formula is C16H9N2O4S2-. The van der Waals surface area contributed by atoms with Gasteiger partial charge in [-0.2, -0.15) is 0 Å². The molecule has 0 aliphatic rings. The van der Waals surface area contributed by atoms with Crippen molar-refractivity contribution in [2.75, 3.05) is 0 Å². The Kier molecular flexibility index (Phi) is 4.59. The molecule has 3 rings (SSSR count). The molecule has 1 heterocycles. The molecule has 0 aliphatic heterocycles. The Morgan fingerprint density at radius 2 is 1.88 bits per heavy atom. The highest BCUT2D eigenvalue weighted by atomic mass is 32.2. The number of carboxylic acid groups (broad SMARTS) is 1. The summed E-state index contributed by atoms with van der Waals surface area (Å²) in [6, 6.07) is 13.4. The normalized spacial score (nSPS) is 11.6. The predicted molar refractivity (Wildman–Crippen MR) is 91.6 cm³/mol. The molecule has 1 aromatic heterocycles. The Labute approximate surface area is 144 Å². The lowest BCUT2D eigenvalue weighted by Crippen LogP contribution is -2.23. The van der Waals surface area contributed by atoms with Gasteiger partial charge < -0.3 is 9.90 Å². The average Bonchev–Trinajstić information content (AvgIpc) is 2.96. The lowest BCUT2D eigenvalue weighted by Gasteiger charge is -2.06. The van der Waals surface area contributed by atoms with Crippen LogP contribution >= 0.6 is 23.1 Å². The van der Waals surface area contributed by atoms with Gasteiger partial charge >= 0.3 is 0 Å². The maximum absolute atomic E-state index is 11.4. The lowest BCUT2D eigenvalue weighted by molar-refractivity contribution is -0.385. The van der Waals surface area contributed by atoms with E-state index in [1.807, 2.05) is 24.3 Å². The van der Waals surface area contributed by atoms with Crippen molar-refractivity contribution in [2.45, 2.75) is 4.34 Å². The van der Waals surface area contributed by atoms with Crippen molar-refractivity contribution in [2.24, 2.45) is 0 Å². The second-order valence-electron chi connectivity index (χ2n) is 4.66. The molecule has 2 aromatic carbocycles. The van der Waals surface area contributed by atoms with Crippen molar-refractivity contribution in [3.8, 4) is 0 Å². The van der Waals surface area contributed by atoms with Crippen LogP contribution in [-0.4, -0.2) is 15.9 Å². The van der Waals surface area contributed by atoms with Crippen molar-refractivity contribution >= 4 is 51.0 Å². The molecule has 0 bridgehead atoms. The molecule has 0 saturated carbocycles. The van der Waals surface area contributed by atoms with E-state index in [-0.39, 0.29) is 16.2 Å². The van der Waals surface area contributed by atoms with Crippen molar-refractivity contribution < 1.29 is 14.8 Å². The summed E-state index contributed by atoms with van der Waals surface area (Å²) in [7, 11) is 0. The van der Waals surface area contributed by atoms with Gasteiger partial charge in [-0.25, -0.2) is 4.98 Å². The van der Waals surface area contributed by atoms with Crippen LogP contribution in [-0.2, 0) is 4.79 Å². The summed E-state index contributed by atoms with van der Waals surface area (Å²) in [4.78, 5) is 26.1. The molecule has 24 heavy (non-hydrogen) atoms. The molecule has 120 valence electrons. The second-order valence-corrected chi connectivity index (χ2v) is 6.98. The number of thiazole rings is 1. The topological polar surface area (TPSA) is 96.2 Å². The van der Waals surface area contributed by atoms with E-state index < -0.39 is 10.9 Å². The first-order chi connectivity index (χ1) is 11.5. The van der Waals surface area contributed by atoms with Gasteiger partial charge in [0.15, 0.2) is 4.34 Å². The monoisotopic (exact) mass is 357 g/mol. The fourth-order valence-corrected chi connectivity index (χ4v) is 4.04. The quantitative estimate of drug-likeness (QED) is 0.301. The highest BCUT2D eigenvalue weighted by Gasteiger charge is 2.13. The third-order valence-corrected chi connectivity index (χ3v) is 5.19. The molecule has 3 aromatic rings. The first-order valence-corrected chi connectivity index (χ1v) is 8.38. The summed E-state index contributed by atoms with van der Waals surface area (Å²) in [6.45, 7) is 0. The summed E-state index contributed by atoms with van der Waals surface area (Å²) in [5.74, 6) is -1.41. The highest BCUT2D eigenvalue weighted by Crippen LogP contribution is 2.35. The Hall–Kier alpha value is -2.71. The Morgan fingerprint density at radius 1 is 1.17 bits per heavy atom. The van der Waals surface area contributed by atoms with E-state index in [2.05, 4.69) is 4.98 Å². The van der Waals surface area contributed by atoms with Crippen LogP contribution < -0.4 is 5.11 Å². The van der Waals surface area contributed by atoms with Crippen LogP contribution in [0.5, 0.6) is 0 Å². The van der Waals surface area contributed by atoms with Crippen molar-refractivity contribution in [3.63, 3.8) is 0 Å². The Bertz CT molecular complexity index is 932. The van der Waals surface area contributed by atoms with Gasteiger partial charge in [-0.3, -0.25) is 10.1 Å². The molecule has 0 unspecified atom stereocenters. The molecule has 0 N–H and O–H groups in total. The van der Waals surface area contributed by atoms with Gasteiger partial charge in [0.1, 0.15) is 0 Å². The molecule has 0 radical (unpaired) electrons. The third kappa shape index (κ3) is 3.44. The number of hydrogen-bond donors (Lipinski definition) is 0. The number of para-hydroxylation sites is 2. The molecule has 0 fully saturated rings. The van der Waals surface area contributed by atoms with Gasteiger partial charge in [-0.05, 0) is 24.3 Å². The average molecular weight is 357 g/mol. The van der Waals surface area contributed by atoms with Gasteiger partial charge in [-0.15, -0.1) is 11.3 Å². The number of fused-ring (bicyclic) bond motifs is 1. The number of nitrogens with zero attached hydrogens (tertiary/aromatic N) is 2. The number of nitro benzene ring substituents is 1. The molecule has 0 aliphatic carbocycles. The molecule has 0 spiro atoms. The van der Waals surface area contributed by atoms with Crippen LogP contribution in [0.4, 0.5) is 5.69 Å². The number of nitro groups is 1. The summed E-state index contributed by atoms with van der Waals surface area (Å²) >= 11 is 2.27. The van der Waals surface area contributed by atoms with Crippen LogP contribution in [0.3, 0.4) is 0 Å². The number of carboxylic acids is 1. The zero-order valence-electron chi connectivity index (χ0n) is 12.0. The summed E-state index contributed by atoms with van der Waals surface area (Å²) < 4.78 is 1.47. The minimum absolute atomic E-state index is 0.136. The first kappa shape index (κ1) is 16.2. The number of hydrogen-bond acceptors (Lipinski definition) is 7. The van der Waals surface area contributed by atoms with E-state index in [9.17, 15) is 20.0 Å². The highest BCUT2D eigenvalue weighted by molar-refractivity contribution is 8.05. The zero-order valence-corrected chi connectivity index (χ0v) is 13.7. The first-order valence-electron chi connectivity index (χ1n) is 6.74. The minimum atomic E-state index is -1.41. The number of aromatic nitrogens is 1. The Morgan fingerprint density at radius 3 is 2.58 bits per heavy atom. The largest absolute Gasteiger partial charge is 0.544 e. The maximum atomic E-state index is 11.4. The van der Waals surface area contributed by atoms with Gasteiger partial charge in [0.2, 0.25) is 0 Å². The smallest absolute Gasteiger partial charge is 0.276 e. The fraction of sp³-hybridized carbons (Fsp3) is 0. The van der Waals surface area contributed by atoms with Gasteiger partial charge in [0.05, 0.1) is 26.7 Å². The number of rotatable bonds is 5. The molecule has 8 heteroatoms. The summed E-state index contributed by atoms with van der Waals surface area (Å²) in [5, 5.41) is 22.5. The lowest BCUT2D eigenvalue weighted by atomic mass is 10.1. The zero-order chi connectivity index (χ0) is 17.1. The van der Waals surface area contributed by atoms with Crippen LogP contribution in [0.15, 0.2) is 57.8 Å². The van der Waals surface area contributed by atoms with E-state index in [0.29, 0.717) is 4.34 Å². The fourth-order valence-electron chi connectivity index (χ4n) is 2.04. The SMILES string of the molecule is O=C([O-])/C(=C\c1ccccc1[N+](=O)[O-])Sc1nc2ccccc2s1. The van der Waals surface area contributed by atoms with E-state index >= 15 is 0 Å². The predicted octanol–water partition coefficient (Wildman–Crippen LogP) is 3.09. The number of carbonyl (C=O) groups excluding carboxylic acids is 1. The van der Waals surface area contributed by atoms with Crippen LogP contribution in [0.1, 0.15) is 5.56 Å². The second kappa shape index (κ2) is 6.81. The van der Waals surface area contributed by atoms with E-state index in [1.54, 1.807) is 6.07 Å². The van der Waals surface area contributed by atoms with Crippen LogP contribution in [0.25, 0.3) is 16.3 Å². The van der Waals surface area contributed by atoms with Crippen molar-refractivity contribution in [1.82, 2.24) is 4.98 Å². The standard InChI is InChI=1S/C16H10N2O4S2/c19-15(20)14(9-10-5-1-3-7-12(10)18(21)22)24-16-17-11-6-2-4-8-13(11)23-16/h1-9H,(H,19,20)/p-1/b14-9+. The van der Waals surface area contributed by atoms with E-state index in [1.165, 1.54) is 35.6 Å². The third-order valence-electron chi connectivity index (χ3n) is 3.09. The van der Waals surface area contributed by atoms with Gasteiger partial charge in [0, 0.05) is 11.0 Å².